The zero-order chi connectivity index (χ0) is 30.6. The van der Waals surface area contributed by atoms with Crippen LogP contribution < -0.4 is 0 Å². The molecule has 218 valence electrons. The molecule has 0 atom stereocenters. The van der Waals surface area contributed by atoms with E-state index in [9.17, 15) is 0 Å². The standard InChI is InChI=1S/C41H35N.C2H6/c1-4-12-28(5-2)33-25-39(42-26-33)30-15-11-16-31(24-30)40-35-17-6-8-19-37(35)41(38-20-9-7-18-36(38)40)32-21-22-34-27(3)13-10-14-29(34)23-32;1-2/h5-6,8-17,19-26,42H,2,4,7,18H2,1,3H3;1-2H3/b28-12+;. The number of hydrogen-bond acceptors (Lipinski definition) is 0. The minimum absolute atomic E-state index is 0.985. The molecule has 0 saturated heterocycles. The van der Waals surface area contributed by atoms with Crippen LogP contribution in [0.1, 0.15) is 55.9 Å². The van der Waals surface area contributed by atoms with Crippen molar-refractivity contribution in [1.29, 1.82) is 0 Å². The molecule has 0 spiro atoms. The highest BCUT2D eigenvalue weighted by Crippen LogP contribution is 2.45. The second-order valence-corrected chi connectivity index (χ2v) is 11.3. The molecule has 5 aromatic carbocycles. The Morgan fingerprint density at radius 2 is 1.55 bits per heavy atom. The summed E-state index contributed by atoms with van der Waals surface area (Å²) in [5.74, 6) is 0. The molecule has 1 heteroatoms. The highest BCUT2D eigenvalue weighted by atomic mass is 14.7. The number of aromatic amines is 1. The van der Waals surface area contributed by atoms with Crippen LogP contribution in [0.3, 0.4) is 0 Å². The van der Waals surface area contributed by atoms with E-state index in [1.807, 2.05) is 19.9 Å². The number of rotatable bonds is 6. The summed E-state index contributed by atoms with van der Waals surface area (Å²) in [6, 6.07) is 33.8. The van der Waals surface area contributed by atoms with Crippen LogP contribution in [0.4, 0.5) is 0 Å². The molecule has 1 aliphatic carbocycles. The molecule has 6 aromatic rings. The van der Waals surface area contributed by atoms with Crippen molar-refractivity contribution in [2.24, 2.45) is 0 Å². The third-order valence-electron chi connectivity index (χ3n) is 8.72. The van der Waals surface area contributed by atoms with E-state index in [0.29, 0.717) is 0 Å². The first-order valence-electron chi connectivity index (χ1n) is 16.0. The van der Waals surface area contributed by atoms with Gasteiger partial charge in [0.15, 0.2) is 0 Å². The lowest BCUT2D eigenvalue weighted by Gasteiger charge is -2.24. The lowest BCUT2D eigenvalue weighted by Crippen LogP contribution is -2.02. The molecule has 1 nitrogen and oxygen atoms in total. The number of aryl methyl sites for hydroxylation is 1. The fourth-order valence-corrected chi connectivity index (χ4v) is 6.74. The van der Waals surface area contributed by atoms with Gasteiger partial charge in [-0.3, -0.25) is 0 Å². The van der Waals surface area contributed by atoms with Gasteiger partial charge in [-0.1, -0.05) is 124 Å². The zero-order valence-electron chi connectivity index (χ0n) is 26.4. The molecule has 1 aliphatic rings. The lowest BCUT2D eigenvalue weighted by atomic mass is 9.80. The fraction of sp³-hybridized carbons (Fsp3) is 0.163. The number of hydrogen-bond donors (Lipinski definition) is 1. The van der Waals surface area contributed by atoms with E-state index >= 15 is 0 Å². The molecule has 0 aliphatic heterocycles. The molecule has 44 heavy (non-hydrogen) atoms. The largest absolute Gasteiger partial charge is 0.361 e. The average molecular weight is 572 g/mol. The van der Waals surface area contributed by atoms with Crippen LogP contribution >= 0.6 is 0 Å². The summed E-state index contributed by atoms with van der Waals surface area (Å²) in [5.41, 5.74) is 14.0. The molecule has 1 N–H and O–H groups in total. The molecular formula is C43H41N. The SMILES string of the molecule is C=C/C(=C\CC)c1c[nH]c(-c2cccc(-c3c4c(c(-c5ccc6c(C)cccc6c5)c5ccccc35)C=CCC4)c2)c1.CC. The molecule has 0 bridgehead atoms. The summed E-state index contributed by atoms with van der Waals surface area (Å²) >= 11 is 0. The summed E-state index contributed by atoms with van der Waals surface area (Å²) in [7, 11) is 0. The molecule has 0 radical (unpaired) electrons. The van der Waals surface area contributed by atoms with E-state index in [1.165, 1.54) is 77.2 Å². The summed E-state index contributed by atoms with van der Waals surface area (Å²) in [5, 5.41) is 5.23. The first-order valence-corrected chi connectivity index (χ1v) is 16.0. The Morgan fingerprint density at radius 3 is 2.34 bits per heavy atom. The Balaban J connectivity index is 0.00000168. The van der Waals surface area contributed by atoms with Crippen molar-refractivity contribution < 1.29 is 0 Å². The topological polar surface area (TPSA) is 15.8 Å². The Labute approximate surface area is 262 Å². The van der Waals surface area contributed by atoms with E-state index in [1.54, 1.807) is 0 Å². The maximum Gasteiger partial charge on any atom is 0.0460 e. The van der Waals surface area contributed by atoms with Gasteiger partial charge in [0.05, 0.1) is 0 Å². The van der Waals surface area contributed by atoms with Crippen molar-refractivity contribution >= 4 is 33.2 Å². The quantitative estimate of drug-likeness (QED) is 0.191. The van der Waals surface area contributed by atoms with Crippen LogP contribution in [-0.4, -0.2) is 4.98 Å². The molecular weight excluding hydrogens is 530 g/mol. The Bertz CT molecular complexity index is 2050. The zero-order valence-corrected chi connectivity index (χ0v) is 26.4. The van der Waals surface area contributed by atoms with Gasteiger partial charge in [-0.15, -0.1) is 0 Å². The molecule has 0 fully saturated rings. The summed E-state index contributed by atoms with van der Waals surface area (Å²) in [6.07, 6.45) is 14.0. The normalized spacial score (nSPS) is 12.6. The summed E-state index contributed by atoms with van der Waals surface area (Å²) in [4.78, 5) is 3.52. The van der Waals surface area contributed by atoms with Gasteiger partial charge in [-0.25, -0.2) is 0 Å². The van der Waals surface area contributed by atoms with E-state index < -0.39 is 0 Å². The summed E-state index contributed by atoms with van der Waals surface area (Å²) in [6.45, 7) is 12.4. The predicted octanol–water partition coefficient (Wildman–Crippen LogP) is 12.6. The van der Waals surface area contributed by atoms with Gasteiger partial charge in [-0.05, 0) is 122 Å². The highest BCUT2D eigenvalue weighted by Gasteiger charge is 2.22. The Kier molecular flexibility index (Phi) is 8.48. The van der Waals surface area contributed by atoms with Gasteiger partial charge >= 0.3 is 0 Å². The molecule has 1 heterocycles. The van der Waals surface area contributed by atoms with Crippen LogP contribution in [0.2, 0.25) is 0 Å². The molecule has 0 saturated carbocycles. The minimum Gasteiger partial charge on any atom is -0.361 e. The van der Waals surface area contributed by atoms with E-state index in [-0.39, 0.29) is 0 Å². The first kappa shape index (κ1) is 29.2. The number of allylic oxidation sites excluding steroid dienone is 4. The molecule has 0 unspecified atom stereocenters. The van der Waals surface area contributed by atoms with Gasteiger partial charge in [0.2, 0.25) is 0 Å². The first-order chi connectivity index (χ1) is 21.7. The second-order valence-electron chi connectivity index (χ2n) is 11.3. The van der Waals surface area contributed by atoms with Gasteiger partial charge < -0.3 is 4.98 Å². The third kappa shape index (κ3) is 5.24. The molecule has 1 aromatic heterocycles. The average Bonchev–Trinajstić information content (AvgIpc) is 3.57. The van der Waals surface area contributed by atoms with Crippen LogP contribution in [0.25, 0.3) is 66.7 Å². The van der Waals surface area contributed by atoms with Crippen LogP contribution in [-0.2, 0) is 6.42 Å². The van der Waals surface area contributed by atoms with Crippen molar-refractivity contribution in [1.82, 2.24) is 4.98 Å². The van der Waals surface area contributed by atoms with E-state index in [2.05, 4.69) is 141 Å². The Hall–Kier alpha value is -4.88. The van der Waals surface area contributed by atoms with Crippen molar-refractivity contribution in [3.8, 4) is 33.5 Å². The van der Waals surface area contributed by atoms with Gasteiger partial charge in [0, 0.05) is 11.9 Å². The number of aromatic nitrogens is 1. The van der Waals surface area contributed by atoms with Crippen LogP contribution in [0.5, 0.6) is 0 Å². The highest BCUT2D eigenvalue weighted by molar-refractivity contribution is 6.11. The van der Waals surface area contributed by atoms with Gasteiger partial charge in [0.1, 0.15) is 0 Å². The van der Waals surface area contributed by atoms with Gasteiger partial charge in [-0.2, -0.15) is 0 Å². The predicted molar refractivity (Wildman–Crippen MR) is 194 cm³/mol. The van der Waals surface area contributed by atoms with E-state index in [4.69, 9.17) is 0 Å². The maximum atomic E-state index is 4.02. The number of nitrogens with one attached hydrogen (secondary N) is 1. The minimum atomic E-state index is 0.985. The van der Waals surface area contributed by atoms with E-state index in [0.717, 1.165) is 25.0 Å². The fourth-order valence-electron chi connectivity index (χ4n) is 6.74. The monoisotopic (exact) mass is 571 g/mol. The number of benzene rings is 5. The molecule has 0 amide bonds. The maximum absolute atomic E-state index is 4.02. The smallest absolute Gasteiger partial charge is 0.0460 e. The van der Waals surface area contributed by atoms with Crippen LogP contribution in [0.15, 0.2) is 122 Å². The van der Waals surface area contributed by atoms with Crippen molar-refractivity contribution in [2.75, 3.05) is 0 Å². The number of fused-ring (bicyclic) bond motifs is 3. The third-order valence-corrected chi connectivity index (χ3v) is 8.72. The number of H-pyrrole nitrogens is 1. The van der Waals surface area contributed by atoms with Crippen molar-refractivity contribution in [3.63, 3.8) is 0 Å². The Morgan fingerprint density at radius 1 is 0.795 bits per heavy atom. The molecule has 7 rings (SSSR count). The van der Waals surface area contributed by atoms with Crippen molar-refractivity contribution in [2.45, 2.75) is 47.0 Å². The van der Waals surface area contributed by atoms with Gasteiger partial charge in [0.25, 0.3) is 0 Å². The second kappa shape index (κ2) is 12.8. The summed E-state index contributed by atoms with van der Waals surface area (Å²) < 4.78 is 0. The van der Waals surface area contributed by atoms with Crippen molar-refractivity contribution in [3.05, 3.63) is 144 Å². The lowest BCUT2D eigenvalue weighted by molar-refractivity contribution is 0.991. The van der Waals surface area contributed by atoms with Crippen LogP contribution in [0, 0.1) is 6.92 Å².